The van der Waals surface area contributed by atoms with Crippen LogP contribution >= 0.6 is 0 Å². The molecule has 0 atom stereocenters. The van der Waals surface area contributed by atoms with E-state index in [4.69, 9.17) is 0 Å². The molecule has 22 heavy (non-hydrogen) atoms. The van der Waals surface area contributed by atoms with E-state index < -0.39 is 4.92 Å². The summed E-state index contributed by atoms with van der Waals surface area (Å²) in [5, 5.41) is 17.5. The van der Waals surface area contributed by atoms with Crippen molar-refractivity contribution in [2.75, 3.05) is 10.6 Å². The Kier molecular flexibility index (Phi) is 4.25. The molecule has 0 bridgehead atoms. The minimum absolute atomic E-state index is 0.166. The Balaban J connectivity index is 2.45. The van der Waals surface area contributed by atoms with E-state index in [1.165, 1.54) is 6.33 Å². The van der Waals surface area contributed by atoms with Crippen LogP contribution in [0.25, 0.3) is 0 Å². The van der Waals surface area contributed by atoms with Crippen LogP contribution in [0.5, 0.6) is 0 Å². The number of aromatic nitrogens is 2. The molecule has 2 rings (SSSR count). The van der Waals surface area contributed by atoms with Gasteiger partial charge in [0.1, 0.15) is 6.33 Å². The molecule has 0 saturated carbocycles. The smallest absolute Gasteiger partial charge is 0.353 e. The first-order valence-corrected chi connectivity index (χ1v) is 6.88. The van der Waals surface area contributed by atoms with Crippen molar-refractivity contribution in [1.29, 1.82) is 0 Å². The van der Waals surface area contributed by atoms with E-state index in [2.05, 4.69) is 20.6 Å². The molecule has 7 nitrogen and oxygen atoms in total. The quantitative estimate of drug-likeness (QED) is 0.661. The van der Waals surface area contributed by atoms with Crippen LogP contribution in [-0.2, 0) is 0 Å². The summed E-state index contributed by atoms with van der Waals surface area (Å²) in [5.41, 5.74) is 1.23. The Hall–Kier alpha value is -2.70. The molecule has 2 aromatic rings. The van der Waals surface area contributed by atoms with Crippen LogP contribution in [0.2, 0.25) is 0 Å². The van der Waals surface area contributed by atoms with Crippen LogP contribution in [-0.4, -0.2) is 20.4 Å². The summed E-state index contributed by atoms with van der Waals surface area (Å²) in [6, 6.07) is 7.53. The Morgan fingerprint density at radius 1 is 1.14 bits per heavy atom. The van der Waals surface area contributed by atoms with E-state index in [1.807, 2.05) is 52.0 Å². The number of nitro groups is 1. The molecule has 1 heterocycles. The normalized spacial score (nSPS) is 11.1. The van der Waals surface area contributed by atoms with Crippen molar-refractivity contribution in [3.05, 3.63) is 46.3 Å². The molecule has 0 radical (unpaired) electrons. The highest BCUT2D eigenvalue weighted by Crippen LogP contribution is 2.33. The van der Waals surface area contributed by atoms with Gasteiger partial charge in [0.15, 0.2) is 0 Å². The molecule has 1 aromatic carbocycles. The maximum Gasteiger partial charge on any atom is 0.353 e. The highest BCUT2D eigenvalue weighted by molar-refractivity contribution is 5.74. The maximum absolute atomic E-state index is 11.4. The molecule has 0 unspecified atom stereocenters. The monoisotopic (exact) mass is 301 g/mol. The fraction of sp³-hybridized carbons (Fsp3) is 0.333. The predicted molar refractivity (Wildman–Crippen MR) is 86.5 cm³/mol. The first-order valence-electron chi connectivity index (χ1n) is 6.88. The summed E-state index contributed by atoms with van der Waals surface area (Å²) < 4.78 is 0. The van der Waals surface area contributed by atoms with Crippen molar-refractivity contribution in [3.63, 3.8) is 0 Å². The molecule has 2 N–H and O–H groups in total. The number of rotatable bonds is 4. The number of nitrogens with one attached hydrogen (secondary N) is 2. The molecule has 116 valence electrons. The highest BCUT2D eigenvalue weighted by atomic mass is 16.6. The zero-order chi connectivity index (χ0) is 16.3. The fourth-order valence-corrected chi connectivity index (χ4v) is 1.93. The summed E-state index contributed by atoms with van der Waals surface area (Å²) in [6.07, 6.45) is 1.31. The number of nitrogens with zero attached hydrogens (tertiary/aromatic N) is 3. The summed E-state index contributed by atoms with van der Waals surface area (Å²) in [7, 11) is 0. The number of aryl methyl sites for hydroxylation is 1. The molecule has 1 aromatic heterocycles. The first kappa shape index (κ1) is 15.7. The Morgan fingerprint density at radius 3 is 2.36 bits per heavy atom. The van der Waals surface area contributed by atoms with Gasteiger partial charge in [-0.05, 0) is 39.3 Å². The van der Waals surface area contributed by atoms with E-state index in [0.29, 0.717) is 0 Å². The van der Waals surface area contributed by atoms with Crippen LogP contribution in [0.3, 0.4) is 0 Å². The second-order valence-corrected chi connectivity index (χ2v) is 5.99. The van der Waals surface area contributed by atoms with Crippen molar-refractivity contribution in [2.24, 2.45) is 0 Å². The molecule has 0 aliphatic rings. The first-order chi connectivity index (χ1) is 10.3. The van der Waals surface area contributed by atoms with Crippen molar-refractivity contribution in [1.82, 2.24) is 9.97 Å². The van der Waals surface area contributed by atoms with Gasteiger partial charge in [-0.2, -0.15) is 0 Å². The standard InChI is InChI=1S/C15H19N5O2/c1-10-7-5-6-8-11(10)18-13-12(20(21)22)14(17-9-16-13)19-15(2,3)4/h5-9H,1-4H3,(H2,16,17,18,19). The van der Waals surface area contributed by atoms with Crippen LogP contribution in [0.1, 0.15) is 26.3 Å². The highest BCUT2D eigenvalue weighted by Gasteiger charge is 2.26. The van der Waals surface area contributed by atoms with Gasteiger partial charge in [0.2, 0.25) is 11.6 Å². The molecule has 0 aliphatic heterocycles. The average molecular weight is 301 g/mol. The molecule has 0 amide bonds. The van der Waals surface area contributed by atoms with Gasteiger partial charge in [0.05, 0.1) is 4.92 Å². The molecular weight excluding hydrogens is 282 g/mol. The lowest BCUT2D eigenvalue weighted by Crippen LogP contribution is -2.27. The van der Waals surface area contributed by atoms with Gasteiger partial charge in [0, 0.05) is 11.2 Å². The summed E-state index contributed by atoms with van der Waals surface area (Å²) in [6.45, 7) is 7.65. The van der Waals surface area contributed by atoms with Gasteiger partial charge < -0.3 is 10.6 Å². The third kappa shape index (κ3) is 3.69. The lowest BCUT2D eigenvalue weighted by molar-refractivity contribution is -0.383. The molecule has 0 aliphatic carbocycles. The number of anilines is 3. The number of para-hydroxylation sites is 1. The van der Waals surface area contributed by atoms with Gasteiger partial charge in [-0.1, -0.05) is 18.2 Å². The maximum atomic E-state index is 11.4. The largest absolute Gasteiger partial charge is 0.360 e. The van der Waals surface area contributed by atoms with Crippen LogP contribution in [0.4, 0.5) is 23.0 Å². The van der Waals surface area contributed by atoms with Crippen molar-refractivity contribution >= 4 is 23.0 Å². The van der Waals surface area contributed by atoms with E-state index in [-0.39, 0.29) is 22.9 Å². The topological polar surface area (TPSA) is 93.0 Å². The molecular formula is C15H19N5O2. The lowest BCUT2D eigenvalue weighted by atomic mass is 10.1. The average Bonchev–Trinajstić information content (AvgIpc) is 2.39. The third-order valence-electron chi connectivity index (χ3n) is 2.90. The number of hydrogen-bond acceptors (Lipinski definition) is 6. The van der Waals surface area contributed by atoms with E-state index in [9.17, 15) is 10.1 Å². The van der Waals surface area contributed by atoms with Gasteiger partial charge in [-0.3, -0.25) is 10.1 Å². The van der Waals surface area contributed by atoms with Gasteiger partial charge in [-0.15, -0.1) is 0 Å². The Labute approximate surface area is 129 Å². The number of benzene rings is 1. The summed E-state index contributed by atoms with van der Waals surface area (Å²) in [4.78, 5) is 19.0. The van der Waals surface area contributed by atoms with Crippen LogP contribution in [0, 0.1) is 17.0 Å². The van der Waals surface area contributed by atoms with Crippen molar-refractivity contribution in [3.8, 4) is 0 Å². The van der Waals surface area contributed by atoms with Crippen molar-refractivity contribution in [2.45, 2.75) is 33.2 Å². The second kappa shape index (κ2) is 5.97. The second-order valence-electron chi connectivity index (χ2n) is 5.99. The zero-order valence-electron chi connectivity index (χ0n) is 13.0. The van der Waals surface area contributed by atoms with Crippen molar-refractivity contribution < 1.29 is 4.92 Å². The summed E-state index contributed by atoms with van der Waals surface area (Å²) in [5.74, 6) is 0.365. The molecule has 0 saturated heterocycles. The van der Waals surface area contributed by atoms with E-state index in [1.54, 1.807) is 0 Å². The molecule has 0 fully saturated rings. The number of hydrogen-bond donors (Lipinski definition) is 2. The van der Waals surface area contributed by atoms with Gasteiger partial charge in [0.25, 0.3) is 0 Å². The summed E-state index contributed by atoms with van der Waals surface area (Å²) >= 11 is 0. The zero-order valence-corrected chi connectivity index (χ0v) is 13.0. The molecule has 7 heteroatoms. The van der Waals surface area contributed by atoms with E-state index in [0.717, 1.165) is 11.3 Å². The predicted octanol–water partition coefficient (Wildman–Crippen LogP) is 3.65. The Bertz CT molecular complexity index is 695. The fourth-order valence-electron chi connectivity index (χ4n) is 1.93. The minimum atomic E-state index is -0.478. The third-order valence-corrected chi connectivity index (χ3v) is 2.90. The van der Waals surface area contributed by atoms with Crippen LogP contribution < -0.4 is 10.6 Å². The van der Waals surface area contributed by atoms with Gasteiger partial charge in [-0.25, -0.2) is 9.97 Å². The SMILES string of the molecule is Cc1ccccc1Nc1ncnc(NC(C)(C)C)c1[N+](=O)[O-]. The van der Waals surface area contributed by atoms with Crippen LogP contribution in [0.15, 0.2) is 30.6 Å². The lowest BCUT2D eigenvalue weighted by Gasteiger charge is -2.21. The molecule has 0 spiro atoms. The van der Waals surface area contributed by atoms with Gasteiger partial charge >= 0.3 is 5.69 Å². The van der Waals surface area contributed by atoms with E-state index >= 15 is 0 Å². The minimum Gasteiger partial charge on any atom is -0.360 e. The Morgan fingerprint density at radius 2 is 1.77 bits per heavy atom.